The highest BCUT2D eigenvalue weighted by Crippen LogP contribution is 2.29. The summed E-state index contributed by atoms with van der Waals surface area (Å²) < 4.78 is 0. The molecule has 1 aliphatic rings. The summed E-state index contributed by atoms with van der Waals surface area (Å²) in [6.45, 7) is 4.00. The second-order valence-electron chi connectivity index (χ2n) is 2.75. The van der Waals surface area contributed by atoms with Crippen molar-refractivity contribution in [2.24, 2.45) is 0 Å². The van der Waals surface area contributed by atoms with E-state index >= 15 is 0 Å². The molecule has 0 fully saturated rings. The molecule has 1 aromatic carbocycles. The van der Waals surface area contributed by atoms with Crippen LogP contribution >= 0.6 is 0 Å². The van der Waals surface area contributed by atoms with Crippen molar-refractivity contribution in [1.29, 1.82) is 0 Å². The van der Waals surface area contributed by atoms with Crippen molar-refractivity contribution in [3.8, 4) is 0 Å². The molecule has 0 heterocycles. The average Bonchev–Trinajstić information content (AvgIpc) is 2.53. The van der Waals surface area contributed by atoms with E-state index in [9.17, 15) is 5.11 Å². The Morgan fingerprint density at radius 3 is 2.58 bits per heavy atom. The van der Waals surface area contributed by atoms with Gasteiger partial charge < -0.3 is 5.11 Å². The maximum absolute atomic E-state index is 9.38. The van der Waals surface area contributed by atoms with Crippen LogP contribution in [-0.4, -0.2) is 5.11 Å². The molecule has 1 aliphatic carbocycles. The lowest BCUT2D eigenvalue weighted by molar-refractivity contribution is 0.180. The van der Waals surface area contributed by atoms with Gasteiger partial charge in [0.2, 0.25) is 0 Å². The van der Waals surface area contributed by atoms with Gasteiger partial charge in [-0.3, -0.25) is 0 Å². The number of hydrogen-bond donors (Lipinski definition) is 1. The van der Waals surface area contributed by atoms with Crippen LogP contribution in [0.2, 0.25) is 0 Å². The number of hydrogen-bond acceptors (Lipinski definition) is 1. The monoisotopic (exact) mass is 164 g/mol. The van der Waals surface area contributed by atoms with Gasteiger partial charge in [0.15, 0.2) is 0 Å². The van der Waals surface area contributed by atoms with E-state index in [1.54, 1.807) is 0 Å². The van der Waals surface area contributed by atoms with Crippen molar-refractivity contribution in [3.63, 3.8) is 0 Å². The summed E-state index contributed by atoms with van der Waals surface area (Å²) in [5.41, 5.74) is 2.44. The molecule has 1 unspecified atom stereocenters. The summed E-state index contributed by atoms with van der Waals surface area (Å²) in [4.78, 5) is 0. The topological polar surface area (TPSA) is 20.2 Å². The molecule has 12 heavy (non-hydrogen) atoms. The van der Waals surface area contributed by atoms with E-state index in [1.807, 2.05) is 32.0 Å². The Labute approximate surface area is 74.1 Å². The highest BCUT2D eigenvalue weighted by molar-refractivity contribution is 5.32. The zero-order valence-electron chi connectivity index (χ0n) is 7.75. The van der Waals surface area contributed by atoms with Gasteiger partial charge in [-0.1, -0.05) is 38.1 Å². The van der Waals surface area contributed by atoms with Gasteiger partial charge in [-0.05, 0) is 24.0 Å². The van der Waals surface area contributed by atoms with Crippen LogP contribution in [0.5, 0.6) is 0 Å². The van der Waals surface area contributed by atoms with Gasteiger partial charge in [-0.2, -0.15) is 0 Å². The minimum Gasteiger partial charge on any atom is -0.388 e. The molecule has 0 amide bonds. The SMILES string of the molecule is CC.OC1CCc2ccccc21. The molecular formula is C11H16O. The number of aliphatic hydroxyl groups excluding tert-OH is 1. The van der Waals surface area contributed by atoms with E-state index in [2.05, 4.69) is 6.07 Å². The maximum atomic E-state index is 9.38. The Morgan fingerprint density at radius 1 is 1.25 bits per heavy atom. The fourth-order valence-electron chi connectivity index (χ4n) is 1.53. The summed E-state index contributed by atoms with van der Waals surface area (Å²) >= 11 is 0. The van der Waals surface area contributed by atoms with Crippen molar-refractivity contribution in [3.05, 3.63) is 35.4 Å². The number of aliphatic hydroxyl groups is 1. The van der Waals surface area contributed by atoms with Gasteiger partial charge in [-0.25, -0.2) is 0 Å². The van der Waals surface area contributed by atoms with E-state index in [0.29, 0.717) is 0 Å². The van der Waals surface area contributed by atoms with Crippen molar-refractivity contribution < 1.29 is 5.11 Å². The van der Waals surface area contributed by atoms with Crippen LogP contribution in [0.3, 0.4) is 0 Å². The highest BCUT2D eigenvalue weighted by atomic mass is 16.3. The standard InChI is InChI=1S/C9H10O.C2H6/c10-9-6-5-7-3-1-2-4-8(7)9;1-2/h1-4,9-10H,5-6H2;1-2H3. The van der Waals surface area contributed by atoms with E-state index in [-0.39, 0.29) is 6.10 Å². The van der Waals surface area contributed by atoms with Crippen LogP contribution in [0.1, 0.15) is 37.5 Å². The lowest BCUT2D eigenvalue weighted by Gasteiger charge is -2.00. The van der Waals surface area contributed by atoms with Crippen molar-refractivity contribution in [2.45, 2.75) is 32.8 Å². The molecular weight excluding hydrogens is 148 g/mol. The lowest BCUT2D eigenvalue weighted by Crippen LogP contribution is -1.88. The molecule has 1 heteroatoms. The lowest BCUT2D eigenvalue weighted by atomic mass is 10.1. The van der Waals surface area contributed by atoms with Crippen LogP contribution in [0.25, 0.3) is 0 Å². The maximum Gasteiger partial charge on any atom is 0.0795 e. The first-order valence-electron chi connectivity index (χ1n) is 4.64. The van der Waals surface area contributed by atoms with Gasteiger partial charge >= 0.3 is 0 Å². The minimum atomic E-state index is -0.198. The van der Waals surface area contributed by atoms with Crippen LogP contribution in [0.4, 0.5) is 0 Å². The smallest absolute Gasteiger partial charge is 0.0795 e. The van der Waals surface area contributed by atoms with Gasteiger partial charge in [0.05, 0.1) is 6.10 Å². The number of rotatable bonds is 0. The number of benzene rings is 1. The highest BCUT2D eigenvalue weighted by Gasteiger charge is 2.18. The Hall–Kier alpha value is -0.820. The summed E-state index contributed by atoms with van der Waals surface area (Å²) in [6.07, 6.45) is 1.74. The van der Waals surface area contributed by atoms with Gasteiger partial charge in [-0.15, -0.1) is 0 Å². The molecule has 1 nitrogen and oxygen atoms in total. The molecule has 0 saturated heterocycles. The third-order valence-corrected chi connectivity index (χ3v) is 2.10. The van der Waals surface area contributed by atoms with E-state index in [1.165, 1.54) is 5.56 Å². The largest absolute Gasteiger partial charge is 0.388 e. The molecule has 2 rings (SSSR count). The first-order valence-corrected chi connectivity index (χ1v) is 4.64. The quantitative estimate of drug-likeness (QED) is 0.625. The minimum absolute atomic E-state index is 0.198. The first-order chi connectivity index (χ1) is 5.88. The second-order valence-corrected chi connectivity index (χ2v) is 2.75. The predicted molar refractivity (Wildman–Crippen MR) is 51.1 cm³/mol. The molecule has 0 aromatic heterocycles. The van der Waals surface area contributed by atoms with E-state index in [4.69, 9.17) is 0 Å². The summed E-state index contributed by atoms with van der Waals surface area (Å²) in [7, 11) is 0. The molecule has 66 valence electrons. The average molecular weight is 164 g/mol. The van der Waals surface area contributed by atoms with Crippen molar-refractivity contribution in [2.75, 3.05) is 0 Å². The molecule has 1 N–H and O–H groups in total. The second kappa shape index (κ2) is 4.27. The molecule has 0 saturated carbocycles. The normalized spacial score (nSPS) is 19.4. The Bertz CT molecular complexity index is 243. The Morgan fingerprint density at radius 2 is 1.92 bits per heavy atom. The third-order valence-electron chi connectivity index (χ3n) is 2.10. The zero-order valence-corrected chi connectivity index (χ0v) is 7.75. The predicted octanol–water partition coefficient (Wildman–Crippen LogP) is 2.69. The molecule has 1 atom stereocenters. The number of aryl methyl sites for hydroxylation is 1. The fraction of sp³-hybridized carbons (Fsp3) is 0.455. The van der Waals surface area contributed by atoms with E-state index < -0.39 is 0 Å². The van der Waals surface area contributed by atoms with Crippen LogP contribution in [-0.2, 0) is 6.42 Å². The Kier molecular flexibility index (Phi) is 3.30. The summed E-state index contributed by atoms with van der Waals surface area (Å²) in [6, 6.07) is 8.10. The van der Waals surface area contributed by atoms with Crippen LogP contribution < -0.4 is 0 Å². The van der Waals surface area contributed by atoms with E-state index in [0.717, 1.165) is 18.4 Å². The molecule has 0 spiro atoms. The number of fused-ring (bicyclic) bond motifs is 1. The zero-order chi connectivity index (χ0) is 8.97. The van der Waals surface area contributed by atoms with Gasteiger partial charge in [0.25, 0.3) is 0 Å². The van der Waals surface area contributed by atoms with Crippen molar-refractivity contribution >= 4 is 0 Å². The fourth-order valence-corrected chi connectivity index (χ4v) is 1.53. The molecule has 0 radical (unpaired) electrons. The van der Waals surface area contributed by atoms with Crippen LogP contribution in [0, 0.1) is 0 Å². The van der Waals surface area contributed by atoms with Crippen molar-refractivity contribution in [1.82, 2.24) is 0 Å². The van der Waals surface area contributed by atoms with Crippen LogP contribution in [0.15, 0.2) is 24.3 Å². The first kappa shape index (κ1) is 9.27. The van der Waals surface area contributed by atoms with Gasteiger partial charge in [0.1, 0.15) is 0 Å². The molecule has 1 aromatic rings. The Balaban J connectivity index is 0.000000336. The van der Waals surface area contributed by atoms with Gasteiger partial charge in [0, 0.05) is 0 Å². The summed E-state index contributed by atoms with van der Waals surface area (Å²) in [5, 5.41) is 9.38. The summed E-state index contributed by atoms with van der Waals surface area (Å²) in [5.74, 6) is 0. The molecule has 0 bridgehead atoms. The third kappa shape index (κ3) is 1.67. The molecule has 0 aliphatic heterocycles.